The van der Waals surface area contributed by atoms with Crippen LogP contribution in [0.4, 0.5) is 5.82 Å². The molecule has 0 aliphatic heterocycles. The number of nitrogens with one attached hydrogen (secondary N) is 2. The number of rotatable bonds is 14. The smallest absolute Gasteiger partial charge is 0.258 e. The highest BCUT2D eigenvalue weighted by atomic mass is 32.2. The first-order valence-corrected chi connectivity index (χ1v) is 11.8. The lowest BCUT2D eigenvalue weighted by Gasteiger charge is -2.11. The van der Waals surface area contributed by atoms with E-state index in [2.05, 4.69) is 32.6 Å². The third-order valence-corrected chi connectivity index (χ3v) is 5.30. The fourth-order valence-corrected chi connectivity index (χ4v) is 3.61. The molecule has 0 saturated carbocycles. The van der Waals surface area contributed by atoms with Crippen molar-refractivity contribution in [3.63, 3.8) is 0 Å². The molecule has 1 amide bonds. The van der Waals surface area contributed by atoms with Gasteiger partial charge in [0.2, 0.25) is 0 Å². The van der Waals surface area contributed by atoms with Crippen molar-refractivity contribution in [1.82, 2.24) is 25.1 Å². The van der Waals surface area contributed by atoms with Crippen LogP contribution in [0.3, 0.4) is 0 Å². The van der Waals surface area contributed by atoms with Gasteiger partial charge in [0.05, 0.1) is 31.8 Å². The van der Waals surface area contributed by atoms with Gasteiger partial charge in [0, 0.05) is 19.7 Å². The average molecular weight is 475 g/mol. The molecule has 10 nitrogen and oxygen atoms in total. The molecule has 2 heterocycles. The lowest BCUT2D eigenvalue weighted by molar-refractivity contribution is -0.123. The summed E-state index contributed by atoms with van der Waals surface area (Å²) in [4.78, 5) is 21.5. The van der Waals surface area contributed by atoms with Gasteiger partial charge in [-0.05, 0) is 24.8 Å². The predicted molar refractivity (Wildman–Crippen MR) is 128 cm³/mol. The van der Waals surface area contributed by atoms with Crippen LogP contribution < -0.4 is 20.1 Å². The molecule has 178 valence electrons. The number of anilines is 1. The maximum absolute atomic E-state index is 12.2. The number of carbonyl (C=O) groups excluding carboxylic acids is 1. The lowest BCUT2D eigenvalue weighted by atomic mass is 10.3. The summed E-state index contributed by atoms with van der Waals surface area (Å²) in [5.74, 6) is 2.47. The maximum Gasteiger partial charge on any atom is 0.258 e. The SMILES string of the molecule is CCOCCNc1nc(SCC)nc2c1cnn2CCNC(=O)COc1ccccc1OC. The summed E-state index contributed by atoms with van der Waals surface area (Å²) >= 11 is 1.57. The highest BCUT2D eigenvalue weighted by molar-refractivity contribution is 7.99. The Morgan fingerprint density at radius 1 is 1.15 bits per heavy atom. The Balaban J connectivity index is 1.59. The molecule has 0 unspecified atom stereocenters. The van der Waals surface area contributed by atoms with E-state index >= 15 is 0 Å². The molecule has 0 atom stereocenters. The Morgan fingerprint density at radius 3 is 2.73 bits per heavy atom. The van der Waals surface area contributed by atoms with E-state index in [1.165, 1.54) is 0 Å². The summed E-state index contributed by atoms with van der Waals surface area (Å²) < 4.78 is 18.0. The van der Waals surface area contributed by atoms with Crippen molar-refractivity contribution in [2.24, 2.45) is 0 Å². The summed E-state index contributed by atoms with van der Waals surface area (Å²) in [7, 11) is 1.56. The van der Waals surface area contributed by atoms with E-state index in [4.69, 9.17) is 14.2 Å². The van der Waals surface area contributed by atoms with Crippen LogP contribution in [0.1, 0.15) is 13.8 Å². The Morgan fingerprint density at radius 2 is 1.97 bits per heavy atom. The minimum atomic E-state index is -0.229. The van der Waals surface area contributed by atoms with Gasteiger partial charge in [-0.15, -0.1) is 0 Å². The monoisotopic (exact) mass is 474 g/mol. The van der Waals surface area contributed by atoms with Crippen LogP contribution in [0.2, 0.25) is 0 Å². The zero-order valence-corrected chi connectivity index (χ0v) is 20.0. The van der Waals surface area contributed by atoms with Gasteiger partial charge < -0.3 is 24.8 Å². The molecule has 2 aromatic heterocycles. The Labute approximate surface area is 197 Å². The first-order chi connectivity index (χ1) is 16.2. The summed E-state index contributed by atoms with van der Waals surface area (Å²) in [5.41, 5.74) is 0.722. The number of hydrogen-bond acceptors (Lipinski definition) is 9. The summed E-state index contributed by atoms with van der Waals surface area (Å²) in [6.07, 6.45) is 1.74. The molecule has 0 bridgehead atoms. The van der Waals surface area contributed by atoms with Gasteiger partial charge >= 0.3 is 0 Å². The number of para-hydroxylation sites is 2. The molecule has 3 aromatic rings. The standard InChI is InChI=1S/C22H30N6O4S/c1-4-31-13-11-24-20-16-14-25-28(21(16)27-22(26-20)33-5-2)12-10-23-19(29)15-32-18-9-7-6-8-17(18)30-3/h6-9,14H,4-5,10-13,15H2,1-3H3,(H,23,29)(H,24,26,27). The first-order valence-electron chi connectivity index (χ1n) is 10.9. The maximum atomic E-state index is 12.2. The number of ether oxygens (including phenoxy) is 3. The molecule has 0 spiro atoms. The largest absolute Gasteiger partial charge is 0.493 e. The average Bonchev–Trinajstić information content (AvgIpc) is 3.24. The van der Waals surface area contributed by atoms with Crippen LogP contribution in [-0.2, 0) is 16.1 Å². The second kappa shape index (κ2) is 12.9. The second-order valence-electron chi connectivity index (χ2n) is 6.81. The highest BCUT2D eigenvalue weighted by Gasteiger charge is 2.13. The normalized spacial score (nSPS) is 10.9. The third-order valence-electron chi connectivity index (χ3n) is 4.57. The van der Waals surface area contributed by atoms with E-state index < -0.39 is 0 Å². The molecular formula is C22H30N6O4S. The molecule has 0 saturated heterocycles. The van der Waals surface area contributed by atoms with Crippen LogP contribution in [0.15, 0.2) is 35.6 Å². The van der Waals surface area contributed by atoms with E-state index in [9.17, 15) is 4.79 Å². The van der Waals surface area contributed by atoms with Gasteiger partial charge in [0.15, 0.2) is 28.9 Å². The van der Waals surface area contributed by atoms with E-state index in [1.807, 2.05) is 19.1 Å². The zero-order valence-electron chi connectivity index (χ0n) is 19.2. The van der Waals surface area contributed by atoms with Gasteiger partial charge in [-0.1, -0.05) is 30.8 Å². The van der Waals surface area contributed by atoms with Crippen LogP contribution in [0, 0.1) is 0 Å². The van der Waals surface area contributed by atoms with Crippen molar-refractivity contribution in [2.45, 2.75) is 25.5 Å². The van der Waals surface area contributed by atoms with Crippen LogP contribution >= 0.6 is 11.8 Å². The molecule has 0 aliphatic carbocycles. The minimum absolute atomic E-state index is 0.104. The Bertz CT molecular complexity index is 1040. The third kappa shape index (κ3) is 6.96. The fraction of sp³-hybridized carbons (Fsp3) is 0.455. The summed E-state index contributed by atoms with van der Waals surface area (Å²) in [5, 5.41) is 12.1. The lowest BCUT2D eigenvalue weighted by Crippen LogP contribution is -2.31. The molecule has 3 rings (SSSR count). The van der Waals surface area contributed by atoms with Crippen molar-refractivity contribution in [3.8, 4) is 11.5 Å². The van der Waals surface area contributed by atoms with Crippen molar-refractivity contribution in [2.75, 3.05) is 51.1 Å². The Kier molecular flexibility index (Phi) is 9.58. The van der Waals surface area contributed by atoms with E-state index in [1.54, 1.807) is 41.9 Å². The van der Waals surface area contributed by atoms with Gasteiger partial charge in [0.25, 0.3) is 5.91 Å². The number of aromatic nitrogens is 4. The number of fused-ring (bicyclic) bond motifs is 1. The molecule has 0 radical (unpaired) electrons. The molecule has 0 fully saturated rings. The van der Waals surface area contributed by atoms with E-state index in [0.29, 0.717) is 49.5 Å². The quantitative estimate of drug-likeness (QED) is 0.207. The summed E-state index contributed by atoms with van der Waals surface area (Å²) in [6, 6.07) is 7.20. The number of thioether (sulfide) groups is 1. The molecule has 0 aliphatic rings. The first kappa shape index (κ1) is 24.6. The number of nitrogens with zero attached hydrogens (tertiary/aromatic N) is 4. The van der Waals surface area contributed by atoms with Crippen molar-refractivity contribution < 1.29 is 19.0 Å². The molecule has 33 heavy (non-hydrogen) atoms. The number of carbonyl (C=O) groups is 1. The molecular weight excluding hydrogens is 444 g/mol. The van der Waals surface area contributed by atoms with Crippen LogP contribution in [0.25, 0.3) is 11.0 Å². The van der Waals surface area contributed by atoms with E-state index in [0.717, 1.165) is 22.6 Å². The number of hydrogen-bond donors (Lipinski definition) is 2. The van der Waals surface area contributed by atoms with E-state index in [-0.39, 0.29) is 12.5 Å². The van der Waals surface area contributed by atoms with Crippen LogP contribution in [0.5, 0.6) is 11.5 Å². The predicted octanol–water partition coefficient (Wildman–Crippen LogP) is 2.59. The topological polar surface area (TPSA) is 112 Å². The molecule has 2 N–H and O–H groups in total. The van der Waals surface area contributed by atoms with Gasteiger partial charge in [-0.25, -0.2) is 14.6 Å². The Hall–Kier alpha value is -3.05. The number of methoxy groups -OCH3 is 1. The zero-order chi connectivity index (χ0) is 23.5. The highest BCUT2D eigenvalue weighted by Crippen LogP contribution is 2.26. The van der Waals surface area contributed by atoms with Gasteiger partial charge in [0.1, 0.15) is 5.82 Å². The number of benzene rings is 1. The van der Waals surface area contributed by atoms with Gasteiger partial charge in [-0.2, -0.15) is 5.10 Å². The molecule has 11 heteroatoms. The summed E-state index contributed by atoms with van der Waals surface area (Å²) in [6.45, 7) is 6.68. The van der Waals surface area contributed by atoms with Gasteiger partial charge in [-0.3, -0.25) is 4.79 Å². The minimum Gasteiger partial charge on any atom is -0.493 e. The number of amides is 1. The van der Waals surface area contributed by atoms with Crippen LogP contribution in [-0.4, -0.2) is 71.4 Å². The second-order valence-corrected chi connectivity index (χ2v) is 8.04. The van der Waals surface area contributed by atoms with Crippen molar-refractivity contribution >= 4 is 34.5 Å². The van der Waals surface area contributed by atoms with Crippen molar-refractivity contribution in [3.05, 3.63) is 30.5 Å². The fourth-order valence-electron chi connectivity index (χ4n) is 3.05. The van der Waals surface area contributed by atoms with Crippen molar-refractivity contribution in [1.29, 1.82) is 0 Å². The molecule has 1 aromatic carbocycles.